The molecule has 0 atom stereocenters. The highest BCUT2D eigenvalue weighted by atomic mass is 19.4. The fourth-order valence-corrected chi connectivity index (χ4v) is 2.77. The van der Waals surface area contributed by atoms with Crippen LogP contribution in [0.1, 0.15) is 11.3 Å². The van der Waals surface area contributed by atoms with Crippen LogP contribution >= 0.6 is 0 Å². The van der Waals surface area contributed by atoms with Crippen molar-refractivity contribution in [2.24, 2.45) is 0 Å². The number of rotatable bonds is 4. The van der Waals surface area contributed by atoms with Crippen LogP contribution in [0.15, 0.2) is 42.5 Å². The number of hydrogen-bond donors (Lipinski definition) is 3. The van der Waals surface area contributed by atoms with Crippen molar-refractivity contribution in [3.63, 3.8) is 0 Å². The molecule has 0 unspecified atom stereocenters. The molecule has 0 spiro atoms. The number of nitrogens with one attached hydrogen (secondary N) is 3. The van der Waals surface area contributed by atoms with Crippen LogP contribution < -0.4 is 10.6 Å². The second-order valence-corrected chi connectivity index (χ2v) is 6.44. The van der Waals surface area contributed by atoms with Crippen LogP contribution in [0.3, 0.4) is 0 Å². The Kier molecular flexibility index (Phi) is 4.72. The number of benzene rings is 2. The molecule has 6 nitrogen and oxygen atoms in total. The van der Waals surface area contributed by atoms with Gasteiger partial charge in [0.2, 0.25) is 5.95 Å². The zero-order chi connectivity index (χ0) is 21.5. The lowest BCUT2D eigenvalue weighted by Crippen LogP contribution is -2.07. The van der Waals surface area contributed by atoms with Crippen LogP contribution in [0.2, 0.25) is 0 Å². The molecule has 0 amide bonds. The molecule has 11 heteroatoms. The van der Waals surface area contributed by atoms with Gasteiger partial charge in [0.1, 0.15) is 17.5 Å². The van der Waals surface area contributed by atoms with Gasteiger partial charge in [-0.2, -0.15) is 23.3 Å². The van der Waals surface area contributed by atoms with Gasteiger partial charge in [-0.05, 0) is 37.3 Å². The lowest BCUT2D eigenvalue weighted by Gasteiger charge is -2.13. The SMILES string of the molecule is Cc1cc(Nc2nc(Nc3ccc(F)cc3F)nc3ccc(C(F)(F)F)cc23)n[nH]1. The van der Waals surface area contributed by atoms with Gasteiger partial charge in [0, 0.05) is 23.2 Å². The molecular weight excluding hydrogens is 407 g/mol. The highest BCUT2D eigenvalue weighted by Gasteiger charge is 2.31. The van der Waals surface area contributed by atoms with Crippen LogP contribution in [-0.2, 0) is 6.18 Å². The predicted octanol–water partition coefficient (Wildman–Crippen LogP) is 5.45. The van der Waals surface area contributed by atoms with E-state index in [-0.39, 0.29) is 28.4 Å². The van der Waals surface area contributed by atoms with E-state index in [1.165, 1.54) is 6.07 Å². The highest BCUT2D eigenvalue weighted by Crippen LogP contribution is 2.34. The van der Waals surface area contributed by atoms with Crippen LogP contribution in [0.4, 0.5) is 45.2 Å². The molecule has 30 heavy (non-hydrogen) atoms. The van der Waals surface area contributed by atoms with Crippen molar-refractivity contribution < 1.29 is 22.0 Å². The second kappa shape index (κ2) is 7.25. The Morgan fingerprint density at radius 2 is 1.73 bits per heavy atom. The van der Waals surface area contributed by atoms with Gasteiger partial charge in [-0.25, -0.2) is 13.8 Å². The van der Waals surface area contributed by atoms with Gasteiger partial charge in [-0.1, -0.05) is 0 Å². The number of halogens is 5. The molecule has 0 saturated heterocycles. The molecule has 4 rings (SSSR count). The van der Waals surface area contributed by atoms with Crippen molar-refractivity contribution >= 4 is 34.2 Å². The number of aryl methyl sites for hydroxylation is 1. The van der Waals surface area contributed by atoms with Crippen molar-refractivity contribution in [3.05, 3.63) is 65.4 Å². The number of anilines is 4. The molecule has 2 heterocycles. The summed E-state index contributed by atoms with van der Waals surface area (Å²) in [6.07, 6.45) is -4.55. The van der Waals surface area contributed by atoms with Gasteiger partial charge in [-0.15, -0.1) is 0 Å². The van der Waals surface area contributed by atoms with E-state index in [4.69, 9.17) is 0 Å². The first-order valence-corrected chi connectivity index (χ1v) is 8.59. The third kappa shape index (κ3) is 4.00. The minimum Gasteiger partial charge on any atom is -0.323 e. The lowest BCUT2D eigenvalue weighted by molar-refractivity contribution is -0.137. The molecular formula is C19H13F5N6. The Morgan fingerprint density at radius 3 is 2.40 bits per heavy atom. The topological polar surface area (TPSA) is 78.5 Å². The highest BCUT2D eigenvalue weighted by molar-refractivity contribution is 5.92. The molecule has 4 aromatic rings. The smallest absolute Gasteiger partial charge is 0.323 e. The van der Waals surface area contributed by atoms with Gasteiger partial charge in [0.25, 0.3) is 0 Å². The molecule has 0 aliphatic rings. The maximum atomic E-state index is 14.0. The number of nitrogens with zero attached hydrogens (tertiary/aromatic N) is 3. The molecule has 0 aliphatic carbocycles. The number of aromatic nitrogens is 4. The lowest BCUT2D eigenvalue weighted by atomic mass is 10.1. The standard InChI is InChI=1S/C19H13F5N6/c1-9-6-16(30-29-9)27-17-12-7-10(19(22,23)24)2-4-14(12)25-18(28-17)26-15-5-3-11(20)8-13(15)21/h2-8H,1H3,(H3,25,26,27,28,29,30). The summed E-state index contributed by atoms with van der Waals surface area (Å²) >= 11 is 0. The number of H-pyrrole nitrogens is 1. The summed E-state index contributed by atoms with van der Waals surface area (Å²) in [4.78, 5) is 8.32. The summed E-state index contributed by atoms with van der Waals surface area (Å²) in [6.45, 7) is 1.75. The molecule has 0 aliphatic heterocycles. The summed E-state index contributed by atoms with van der Waals surface area (Å²) in [7, 11) is 0. The van der Waals surface area contributed by atoms with E-state index in [1.807, 2.05) is 0 Å². The molecule has 0 bridgehead atoms. The van der Waals surface area contributed by atoms with Crippen molar-refractivity contribution in [1.82, 2.24) is 20.2 Å². The molecule has 0 saturated carbocycles. The van der Waals surface area contributed by atoms with Crippen molar-refractivity contribution in [2.45, 2.75) is 13.1 Å². The summed E-state index contributed by atoms with van der Waals surface area (Å²) in [5, 5.41) is 12.2. The Labute approximate surface area is 166 Å². The third-order valence-electron chi connectivity index (χ3n) is 4.15. The summed E-state index contributed by atoms with van der Waals surface area (Å²) in [5.41, 5.74) is -0.0641. The average Bonchev–Trinajstić information content (AvgIpc) is 3.08. The van der Waals surface area contributed by atoms with Crippen molar-refractivity contribution in [2.75, 3.05) is 10.6 Å². The summed E-state index contributed by atoms with van der Waals surface area (Å²) < 4.78 is 66.6. The van der Waals surface area contributed by atoms with Crippen molar-refractivity contribution in [3.8, 4) is 0 Å². The average molecular weight is 420 g/mol. The van der Waals surface area contributed by atoms with Gasteiger partial charge in [0.15, 0.2) is 5.82 Å². The predicted molar refractivity (Wildman–Crippen MR) is 101 cm³/mol. The van der Waals surface area contributed by atoms with Gasteiger partial charge in [0.05, 0.1) is 16.8 Å². The molecule has 154 valence electrons. The van der Waals surface area contributed by atoms with Crippen molar-refractivity contribution in [1.29, 1.82) is 0 Å². The fraction of sp³-hybridized carbons (Fsp3) is 0.105. The molecule has 0 fully saturated rings. The molecule has 0 radical (unpaired) electrons. The Morgan fingerprint density at radius 1 is 0.933 bits per heavy atom. The first-order chi connectivity index (χ1) is 14.2. The molecule has 2 aromatic heterocycles. The third-order valence-corrected chi connectivity index (χ3v) is 4.15. The quantitative estimate of drug-likeness (QED) is 0.383. The maximum Gasteiger partial charge on any atom is 0.416 e. The number of hydrogen-bond acceptors (Lipinski definition) is 5. The Hall–Kier alpha value is -3.76. The first-order valence-electron chi connectivity index (χ1n) is 8.59. The van der Waals surface area contributed by atoms with E-state index < -0.39 is 23.4 Å². The Bertz CT molecular complexity index is 1230. The minimum atomic E-state index is -4.55. The summed E-state index contributed by atoms with van der Waals surface area (Å²) in [5.74, 6) is -1.37. The van der Waals surface area contributed by atoms with E-state index in [1.54, 1.807) is 13.0 Å². The van der Waals surface area contributed by atoms with Crippen LogP contribution in [-0.4, -0.2) is 20.2 Å². The van der Waals surface area contributed by atoms with E-state index in [2.05, 4.69) is 30.8 Å². The van der Waals surface area contributed by atoms with Gasteiger partial charge >= 0.3 is 6.18 Å². The van der Waals surface area contributed by atoms with Gasteiger partial charge < -0.3 is 10.6 Å². The van der Waals surface area contributed by atoms with Crippen LogP contribution in [0.5, 0.6) is 0 Å². The first kappa shape index (κ1) is 19.6. The number of fused-ring (bicyclic) bond motifs is 1. The van der Waals surface area contributed by atoms with E-state index >= 15 is 0 Å². The number of aromatic amines is 1. The van der Waals surface area contributed by atoms with Gasteiger partial charge in [-0.3, -0.25) is 5.10 Å². The zero-order valence-corrected chi connectivity index (χ0v) is 15.3. The van der Waals surface area contributed by atoms with Crippen LogP contribution in [0, 0.1) is 18.6 Å². The monoisotopic (exact) mass is 420 g/mol. The van der Waals surface area contributed by atoms with E-state index in [0.717, 1.165) is 30.0 Å². The second-order valence-electron chi connectivity index (χ2n) is 6.44. The largest absolute Gasteiger partial charge is 0.416 e. The molecule has 2 aromatic carbocycles. The summed E-state index contributed by atoms with van der Waals surface area (Å²) in [6, 6.07) is 7.52. The zero-order valence-electron chi connectivity index (χ0n) is 15.3. The van der Waals surface area contributed by atoms with E-state index in [0.29, 0.717) is 11.9 Å². The Balaban J connectivity index is 1.82. The maximum absolute atomic E-state index is 14.0. The van der Waals surface area contributed by atoms with E-state index in [9.17, 15) is 22.0 Å². The van der Waals surface area contributed by atoms with Crippen LogP contribution in [0.25, 0.3) is 10.9 Å². The number of alkyl halides is 3. The molecule has 3 N–H and O–H groups in total. The fourth-order valence-electron chi connectivity index (χ4n) is 2.77. The minimum absolute atomic E-state index is 0.0302. The normalized spacial score (nSPS) is 11.7.